The highest BCUT2D eigenvalue weighted by Crippen LogP contribution is 2.64. The number of hydrogen-bond donors (Lipinski definition) is 2. The zero-order valence-corrected chi connectivity index (χ0v) is 21.2. The summed E-state index contributed by atoms with van der Waals surface area (Å²) in [6, 6.07) is 0. The molecule has 0 radical (unpaired) electrons. The zero-order valence-electron chi connectivity index (χ0n) is 21.2. The Labute approximate surface area is 238 Å². The number of hydrogen-bond acceptors (Lipinski definition) is 4. The summed E-state index contributed by atoms with van der Waals surface area (Å²) < 4.78 is 293. The minimum Gasteiger partial charge on any atom is -0.448 e. The van der Waals surface area contributed by atoms with Crippen molar-refractivity contribution in [3.63, 3.8) is 0 Å². The highest BCUT2D eigenvalue weighted by molar-refractivity contribution is 5.73. The van der Waals surface area contributed by atoms with Crippen LogP contribution < -0.4 is 10.9 Å². The van der Waals surface area contributed by atoms with Crippen LogP contribution in [0, 0.1) is 0 Å². The van der Waals surface area contributed by atoms with Crippen LogP contribution in [0.25, 0.3) is 0 Å². The summed E-state index contributed by atoms with van der Waals surface area (Å²) in [5, 5.41) is 0. The van der Waals surface area contributed by atoms with Gasteiger partial charge in [0.15, 0.2) is 0 Å². The smallest absolute Gasteiger partial charge is 0.448 e. The molecule has 0 aliphatic rings. The van der Waals surface area contributed by atoms with E-state index in [9.17, 15) is 106 Å². The highest BCUT2D eigenvalue weighted by Gasteiger charge is 2.95. The van der Waals surface area contributed by atoms with E-state index >= 15 is 0 Å². The van der Waals surface area contributed by atoms with E-state index in [1.807, 2.05) is 0 Å². The second-order valence-electron chi connectivity index (χ2n) is 8.58. The first-order valence-corrected chi connectivity index (χ1v) is 11.0. The van der Waals surface area contributed by atoms with Gasteiger partial charge in [0.2, 0.25) is 0 Å². The minimum atomic E-state index is -8.79. The molecule has 28 heteroatoms. The summed E-state index contributed by atoms with van der Waals surface area (Å²) in [4.78, 5) is 22.3. The van der Waals surface area contributed by atoms with Crippen molar-refractivity contribution in [3.05, 3.63) is 0 Å². The third-order valence-corrected chi connectivity index (χ3v) is 5.20. The fourth-order valence-electron chi connectivity index (χ4n) is 2.59. The van der Waals surface area contributed by atoms with Crippen LogP contribution in [0.5, 0.6) is 0 Å². The van der Waals surface area contributed by atoms with E-state index in [0.717, 1.165) is 5.43 Å². The number of nitrogens with one attached hydrogen (secondary N) is 2. The molecule has 6 nitrogen and oxygen atoms in total. The molecule has 0 aliphatic heterocycles. The molecule has 0 aromatic rings. The number of amides is 2. The van der Waals surface area contributed by atoms with Crippen molar-refractivity contribution >= 4 is 12.2 Å². The molecular weight excluding hydrogens is 726 g/mol. The quantitative estimate of drug-likeness (QED) is 0.107. The molecular formula is C18H14F22N2O4. The molecule has 0 atom stereocenters. The van der Waals surface area contributed by atoms with Crippen LogP contribution in [0.15, 0.2) is 0 Å². The summed E-state index contributed by atoms with van der Waals surface area (Å²) in [7, 11) is 0. The summed E-state index contributed by atoms with van der Waals surface area (Å²) in [6.07, 6.45) is -25.4. The van der Waals surface area contributed by atoms with Gasteiger partial charge < -0.3 is 9.47 Å². The first kappa shape index (κ1) is 43.0. The van der Waals surface area contributed by atoms with Gasteiger partial charge in [0.05, 0.1) is 13.2 Å². The molecule has 0 unspecified atom stereocenters. The molecule has 0 fully saturated rings. The van der Waals surface area contributed by atoms with E-state index in [-0.39, 0.29) is 0 Å². The van der Waals surface area contributed by atoms with Crippen molar-refractivity contribution in [2.24, 2.45) is 0 Å². The summed E-state index contributed by atoms with van der Waals surface area (Å²) in [5.74, 6) is -62.8. The predicted molar refractivity (Wildman–Crippen MR) is 99.1 cm³/mol. The summed E-state index contributed by atoms with van der Waals surface area (Å²) >= 11 is 0. The number of hydrazine groups is 1. The number of halogens is 22. The Morgan fingerprint density at radius 2 is 0.674 bits per heavy atom. The molecule has 0 bridgehead atoms. The Balaban J connectivity index is 5.28. The largest absolute Gasteiger partial charge is 0.460 e. The van der Waals surface area contributed by atoms with Crippen LogP contribution in [-0.2, 0) is 9.47 Å². The van der Waals surface area contributed by atoms with E-state index < -0.39 is 111 Å². The van der Waals surface area contributed by atoms with Crippen LogP contribution in [0.2, 0.25) is 0 Å². The van der Waals surface area contributed by atoms with Crippen molar-refractivity contribution in [1.82, 2.24) is 10.9 Å². The van der Waals surface area contributed by atoms with Crippen molar-refractivity contribution in [2.45, 2.75) is 85.4 Å². The van der Waals surface area contributed by atoms with Gasteiger partial charge in [-0.25, -0.2) is 20.4 Å². The van der Waals surface area contributed by atoms with Gasteiger partial charge in [-0.3, -0.25) is 0 Å². The van der Waals surface area contributed by atoms with Gasteiger partial charge in [-0.15, -0.1) is 0 Å². The summed E-state index contributed by atoms with van der Waals surface area (Å²) in [6.45, 7) is -2.79. The lowest BCUT2D eigenvalue weighted by Crippen LogP contribution is -2.74. The molecule has 0 aliphatic carbocycles. The lowest BCUT2D eigenvalue weighted by atomic mass is 9.88. The average molecular weight is 740 g/mol. The number of carbonyl (C=O) groups excluding carboxylic acids is 2. The molecule has 0 heterocycles. The van der Waals surface area contributed by atoms with Crippen molar-refractivity contribution in [3.8, 4) is 0 Å². The number of alkyl halides is 22. The standard InChI is InChI=1S/C18H14F22N2O4/c19-9(20,3-1-5-45-7(43)41-42-8(44)46-6-2-4-10(21,22)17(35,36)37)11(23,24)12(25,26)13(27,28)14(29,30)15(31,32)16(33,34)18(38,39)40/h1-6H2,(H,41,43)(H,42,44). The Kier molecular flexibility index (Phi) is 12.4. The second kappa shape index (κ2) is 13.2. The third kappa shape index (κ3) is 8.10. The van der Waals surface area contributed by atoms with Gasteiger partial charge >= 0.3 is 71.9 Å². The molecule has 0 rings (SSSR count). The van der Waals surface area contributed by atoms with Crippen LogP contribution >= 0.6 is 0 Å². The van der Waals surface area contributed by atoms with E-state index in [1.165, 1.54) is 5.43 Å². The predicted octanol–water partition coefficient (Wildman–Crippen LogP) is 8.12. The Hall–Kier alpha value is -3.00. The average Bonchev–Trinajstić information content (AvgIpc) is 2.85. The fourth-order valence-corrected chi connectivity index (χ4v) is 2.59. The van der Waals surface area contributed by atoms with Crippen LogP contribution in [0.1, 0.15) is 25.7 Å². The molecule has 274 valence electrons. The maximum atomic E-state index is 13.7. The SMILES string of the molecule is O=C(NNC(=O)OCCCC(F)(F)C(F)(F)C(F)(F)C(F)(F)C(F)(F)C(F)(F)C(F)(F)C(F)(F)F)OCCCC(F)(F)C(F)(F)F. The van der Waals surface area contributed by atoms with Crippen molar-refractivity contribution < 1.29 is 116 Å². The normalized spacial score (nSPS) is 15.0. The monoisotopic (exact) mass is 740 g/mol. The highest BCUT2D eigenvalue weighted by atomic mass is 19.4. The Morgan fingerprint density at radius 3 is 0.978 bits per heavy atom. The maximum absolute atomic E-state index is 13.7. The van der Waals surface area contributed by atoms with Crippen LogP contribution in [0.3, 0.4) is 0 Å². The van der Waals surface area contributed by atoms with Crippen molar-refractivity contribution in [2.75, 3.05) is 13.2 Å². The number of ether oxygens (including phenoxy) is 2. The van der Waals surface area contributed by atoms with Gasteiger partial charge in [-0.1, -0.05) is 0 Å². The van der Waals surface area contributed by atoms with E-state index in [2.05, 4.69) is 9.47 Å². The van der Waals surface area contributed by atoms with E-state index in [0.29, 0.717) is 0 Å². The van der Waals surface area contributed by atoms with Gasteiger partial charge in [0.25, 0.3) is 0 Å². The van der Waals surface area contributed by atoms with Gasteiger partial charge in [-0.05, 0) is 12.8 Å². The van der Waals surface area contributed by atoms with Gasteiger partial charge in [0, 0.05) is 12.8 Å². The van der Waals surface area contributed by atoms with Gasteiger partial charge in [-0.2, -0.15) is 96.6 Å². The van der Waals surface area contributed by atoms with Crippen LogP contribution in [-0.4, -0.2) is 85.1 Å². The lowest BCUT2D eigenvalue weighted by molar-refractivity contribution is -0.461. The first-order valence-electron chi connectivity index (χ1n) is 11.0. The number of carbonyl (C=O) groups is 2. The maximum Gasteiger partial charge on any atom is 0.460 e. The second-order valence-corrected chi connectivity index (χ2v) is 8.58. The van der Waals surface area contributed by atoms with E-state index in [1.54, 1.807) is 0 Å². The molecule has 2 N–H and O–H groups in total. The zero-order chi connectivity index (χ0) is 37.2. The third-order valence-electron chi connectivity index (χ3n) is 5.20. The molecule has 0 saturated carbocycles. The van der Waals surface area contributed by atoms with Crippen LogP contribution in [0.4, 0.5) is 106 Å². The van der Waals surface area contributed by atoms with Gasteiger partial charge in [0.1, 0.15) is 0 Å². The van der Waals surface area contributed by atoms with E-state index in [4.69, 9.17) is 0 Å². The molecule has 0 aromatic heterocycles. The molecule has 0 spiro atoms. The molecule has 46 heavy (non-hydrogen) atoms. The summed E-state index contributed by atoms with van der Waals surface area (Å²) in [5.41, 5.74) is 2.30. The Bertz CT molecular complexity index is 1050. The Morgan fingerprint density at radius 1 is 0.391 bits per heavy atom. The number of rotatable bonds is 14. The molecule has 0 saturated heterocycles. The van der Waals surface area contributed by atoms with Crippen molar-refractivity contribution in [1.29, 1.82) is 0 Å². The molecule has 2 amide bonds. The first-order chi connectivity index (χ1) is 20.0. The fraction of sp³-hybridized carbons (Fsp3) is 0.889. The molecule has 0 aromatic carbocycles. The lowest BCUT2D eigenvalue weighted by Gasteiger charge is -2.42. The topological polar surface area (TPSA) is 76.7 Å². The minimum absolute atomic E-state index is 1.10.